The first-order valence-corrected chi connectivity index (χ1v) is 4.74. The lowest BCUT2D eigenvalue weighted by Gasteiger charge is -2.03. The molecule has 0 radical (unpaired) electrons. The highest BCUT2D eigenvalue weighted by Gasteiger charge is 2.41. The first-order valence-electron chi connectivity index (χ1n) is 3.49. The zero-order chi connectivity index (χ0) is 11.8. The second-order valence-electron chi connectivity index (χ2n) is 2.54. The van der Waals surface area contributed by atoms with Crippen LogP contribution in [0.5, 0.6) is 0 Å². The normalized spacial score (nSPS) is 14.5. The molecule has 86 valence electrons. The average molecular weight is 247 g/mol. The van der Waals surface area contributed by atoms with E-state index in [1.165, 1.54) is 0 Å². The molecular formula is C5H5F4N3O2S. The van der Waals surface area contributed by atoms with Gasteiger partial charge in [0.1, 0.15) is 5.69 Å². The highest BCUT2D eigenvalue weighted by Crippen LogP contribution is 2.33. The number of aryl methyl sites for hydroxylation is 1. The molecule has 0 aliphatic carbocycles. The number of halogens is 4. The highest BCUT2D eigenvalue weighted by atomic mass is 32.2. The molecule has 0 aromatic carbocycles. The molecule has 0 saturated heterocycles. The topological polar surface area (TPSA) is 64.8 Å². The van der Waals surface area contributed by atoms with Gasteiger partial charge in [-0.05, 0) is 0 Å². The van der Waals surface area contributed by atoms with Crippen molar-refractivity contribution in [3.8, 4) is 0 Å². The molecular weight excluding hydrogens is 242 g/mol. The van der Waals surface area contributed by atoms with E-state index in [4.69, 9.17) is 0 Å². The summed E-state index contributed by atoms with van der Waals surface area (Å²) in [7, 11) is -2.64. The quantitative estimate of drug-likeness (QED) is 0.607. The summed E-state index contributed by atoms with van der Waals surface area (Å²) in [6, 6.07) is 0. The lowest BCUT2D eigenvalue weighted by Crippen LogP contribution is -2.11. The first kappa shape index (κ1) is 11.9. The van der Waals surface area contributed by atoms with Gasteiger partial charge in [-0.25, -0.2) is 12.8 Å². The van der Waals surface area contributed by atoms with Crippen LogP contribution in [0.4, 0.5) is 17.6 Å². The van der Waals surface area contributed by atoms with Crippen molar-refractivity contribution in [2.75, 3.05) is 0 Å². The van der Waals surface area contributed by atoms with Gasteiger partial charge in [0.15, 0.2) is 16.4 Å². The van der Waals surface area contributed by atoms with Crippen LogP contribution in [0, 0.1) is 0 Å². The Balaban J connectivity index is 3.30. The molecule has 1 heterocycles. The summed E-state index contributed by atoms with van der Waals surface area (Å²) in [5.74, 6) is 0. The van der Waals surface area contributed by atoms with Gasteiger partial charge in [-0.2, -0.15) is 23.1 Å². The van der Waals surface area contributed by atoms with Crippen molar-refractivity contribution in [3.05, 3.63) is 11.4 Å². The van der Waals surface area contributed by atoms with Crippen molar-refractivity contribution in [2.24, 2.45) is 7.05 Å². The van der Waals surface area contributed by atoms with Gasteiger partial charge in [0.25, 0.3) is 0 Å². The van der Waals surface area contributed by atoms with Crippen LogP contribution in [0.1, 0.15) is 16.9 Å². The van der Waals surface area contributed by atoms with Crippen LogP contribution < -0.4 is 0 Å². The Morgan fingerprint density at radius 3 is 2.27 bits per heavy atom. The van der Waals surface area contributed by atoms with Crippen LogP contribution >= 0.6 is 0 Å². The number of alkyl halides is 4. The molecule has 1 rings (SSSR count). The largest absolute Gasteiger partial charge is 0.437 e. The SMILES string of the molecule is Cn1nc(C(F)[SH](=O)=O)c(C(F)(F)F)n1. The van der Waals surface area contributed by atoms with Crippen LogP contribution in [0.2, 0.25) is 0 Å². The molecule has 0 aliphatic heterocycles. The van der Waals surface area contributed by atoms with E-state index in [9.17, 15) is 26.0 Å². The van der Waals surface area contributed by atoms with E-state index in [1.807, 2.05) is 0 Å². The van der Waals surface area contributed by atoms with Gasteiger partial charge in [0.2, 0.25) is 5.50 Å². The fourth-order valence-electron chi connectivity index (χ4n) is 0.884. The van der Waals surface area contributed by atoms with Crippen molar-refractivity contribution in [3.63, 3.8) is 0 Å². The Hall–Kier alpha value is -1.19. The third-order valence-electron chi connectivity index (χ3n) is 1.42. The molecule has 0 bridgehead atoms. The van der Waals surface area contributed by atoms with Crippen LogP contribution in [0.15, 0.2) is 0 Å². The standard InChI is InChI=1S/C5H5F4N3O2S/c1-12-10-2(4(6)15(13)14)3(11-12)5(7,8)9/h4,15H,1H3. The fraction of sp³-hybridized carbons (Fsp3) is 0.600. The Morgan fingerprint density at radius 2 is 1.87 bits per heavy atom. The number of nitrogens with zero attached hydrogens (tertiary/aromatic N) is 3. The predicted octanol–water partition coefficient (Wildman–Crippen LogP) is 0.413. The van der Waals surface area contributed by atoms with E-state index in [0.29, 0.717) is 4.80 Å². The number of hydrogen-bond acceptors (Lipinski definition) is 4. The fourth-order valence-corrected chi connectivity index (χ4v) is 1.26. The minimum Gasteiger partial charge on any atom is -0.228 e. The minimum atomic E-state index is -4.93. The Morgan fingerprint density at radius 1 is 1.33 bits per heavy atom. The van der Waals surface area contributed by atoms with Gasteiger partial charge in [0, 0.05) is 7.05 Å². The molecule has 1 unspecified atom stereocenters. The van der Waals surface area contributed by atoms with E-state index in [2.05, 4.69) is 10.2 Å². The summed E-state index contributed by atoms with van der Waals surface area (Å²) in [6.45, 7) is 0. The van der Waals surface area contributed by atoms with Crippen LogP contribution in [-0.2, 0) is 23.9 Å². The van der Waals surface area contributed by atoms with E-state index in [1.54, 1.807) is 0 Å². The Bertz CT molecular complexity index is 430. The van der Waals surface area contributed by atoms with Gasteiger partial charge in [-0.1, -0.05) is 0 Å². The van der Waals surface area contributed by atoms with Crippen molar-refractivity contribution < 1.29 is 26.0 Å². The van der Waals surface area contributed by atoms with Crippen molar-refractivity contribution >= 4 is 10.7 Å². The van der Waals surface area contributed by atoms with Gasteiger partial charge >= 0.3 is 6.18 Å². The summed E-state index contributed by atoms with van der Waals surface area (Å²) >= 11 is 0. The van der Waals surface area contributed by atoms with Crippen molar-refractivity contribution in [1.82, 2.24) is 15.0 Å². The number of hydrogen-bond donors (Lipinski definition) is 1. The van der Waals surface area contributed by atoms with Crippen LogP contribution in [-0.4, -0.2) is 23.4 Å². The van der Waals surface area contributed by atoms with Gasteiger partial charge in [-0.3, -0.25) is 0 Å². The zero-order valence-corrected chi connectivity index (χ0v) is 8.09. The van der Waals surface area contributed by atoms with Crippen molar-refractivity contribution in [2.45, 2.75) is 11.7 Å². The van der Waals surface area contributed by atoms with Gasteiger partial charge in [-0.15, -0.1) is 5.10 Å². The maximum atomic E-state index is 12.8. The zero-order valence-electron chi connectivity index (χ0n) is 7.19. The molecule has 5 nitrogen and oxygen atoms in total. The van der Waals surface area contributed by atoms with E-state index in [-0.39, 0.29) is 0 Å². The maximum absolute atomic E-state index is 12.8. The summed E-state index contributed by atoms with van der Waals surface area (Å²) in [5.41, 5.74) is -5.66. The average Bonchev–Trinajstić information content (AvgIpc) is 2.44. The minimum absolute atomic E-state index is 0.462. The van der Waals surface area contributed by atoms with E-state index < -0.39 is 33.8 Å². The van der Waals surface area contributed by atoms with E-state index in [0.717, 1.165) is 7.05 Å². The highest BCUT2D eigenvalue weighted by molar-refractivity contribution is 7.72. The molecule has 0 spiro atoms. The molecule has 0 aliphatic rings. The molecule has 0 fully saturated rings. The number of aromatic nitrogens is 3. The summed E-state index contributed by atoms with van der Waals surface area (Å²) in [6.07, 6.45) is -4.93. The molecule has 15 heavy (non-hydrogen) atoms. The number of thiol groups is 1. The molecule has 10 heteroatoms. The number of rotatable bonds is 2. The molecule has 0 N–H and O–H groups in total. The second kappa shape index (κ2) is 3.76. The van der Waals surface area contributed by atoms with Gasteiger partial charge in [0.05, 0.1) is 0 Å². The monoisotopic (exact) mass is 247 g/mol. The van der Waals surface area contributed by atoms with Crippen LogP contribution in [0.25, 0.3) is 0 Å². The lowest BCUT2D eigenvalue weighted by molar-refractivity contribution is -0.142. The summed E-state index contributed by atoms with van der Waals surface area (Å²) in [4.78, 5) is 0.462. The molecule has 0 amide bonds. The van der Waals surface area contributed by atoms with E-state index >= 15 is 0 Å². The Labute approximate surface area is 82.6 Å². The predicted molar refractivity (Wildman–Crippen MR) is 40.2 cm³/mol. The van der Waals surface area contributed by atoms with Crippen LogP contribution in [0.3, 0.4) is 0 Å². The third kappa shape index (κ3) is 2.43. The molecule has 1 atom stereocenters. The Kier molecular flexibility index (Phi) is 2.98. The first-order chi connectivity index (χ1) is 6.73. The summed E-state index contributed by atoms with van der Waals surface area (Å²) in [5, 5.41) is 5.88. The second-order valence-corrected chi connectivity index (χ2v) is 3.57. The maximum Gasteiger partial charge on any atom is 0.437 e. The van der Waals surface area contributed by atoms with Gasteiger partial charge < -0.3 is 0 Å². The lowest BCUT2D eigenvalue weighted by atomic mass is 10.3. The molecule has 1 aromatic heterocycles. The third-order valence-corrected chi connectivity index (χ3v) is 2.03. The summed E-state index contributed by atoms with van der Waals surface area (Å²) < 4.78 is 69.9. The smallest absolute Gasteiger partial charge is 0.228 e. The molecule has 0 saturated carbocycles. The van der Waals surface area contributed by atoms with Crippen molar-refractivity contribution in [1.29, 1.82) is 0 Å². The molecule has 1 aromatic rings.